The largest absolute Gasteiger partial charge is 0.507 e. The van der Waals surface area contributed by atoms with Crippen molar-refractivity contribution in [1.82, 2.24) is 15.0 Å². The molecule has 0 atom stereocenters. The van der Waals surface area contributed by atoms with Gasteiger partial charge < -0.3 is 10.1 Å². The summed E-state index contributed by atoms with van der Waals surface area (Å²) in [5, 5.41) is 12.6. The molecule has 0 amide bonds. The minimum atomic E-state index is -0.226. The zero-order valence-corrected chi connectivity index (χ0v) is 14.4. The molecular weight excluding hydrogens is 322 g/mol. The molecule has 0 saturated carbocycles. The Hall–Kier alpha value is -2.60. The quantitative estimate of drug-likeness (QED) is 0.430. The molecule has 1 aromatic carbocycles. The van der Waals surface area contributed by atoms with E-state index in [0.717, 1.165) is 28.6 Å². The summed E-state index contributed by atoms with van der Waals surface area (Å²) >= 11 is 1.15. The second-order valence-electron chi connectivity index (χ2n) is 5.64. The lowest BCUT2D eigenvalue weighted by Crippen LogP contribution is -2.11. The van der Waals surface area contributed by atoms with Crippen molar-refractivity contribution in [3.05, 3.63) is 68.5 Å². The minimum Gasteiger partial charge on any atom is -0.507 e. The van der Waals surface area contributed by atoms with Crippen LogP contribution in [0.25, 0.3) is 16.8 Å². The summed E-state index contributed by atoms with van der Waals surface area (Å²) in [6.07, 6.45) is 0. The van der Waals surface area contributed by atoms with Crippen molar-refractivity contribution in [3.8, 4) is 0 Å². The number of nitrogens with zero attached hydrogens (tertiary/aromatic N) is 2. The molecule has 0 unspecified atom stereocenters. The van der Waals surface area contributed by atoms with Gasteiger partial charge in [0.1, 0.15) is 5.76 Å². The van der Waals surface area contributed by atoms with E-state index < -0.39 is 0 Å². The number of aromatic amines is 1. The van der Waals surface area contributed by atoms with Crippen molar-refractivity contribution in [2.75, 3.05) is 0 Å². The van der Waals surface area contributed by atoms with Crippen LogP contribution in [-0.4, -0.2) is 20.1 Å². The van der Waals surface area contributed by atoms with Gasteiger partial charge in [-0.15, -0.1) is 0 Å². The standard InChI is InChI=1S/C18H17N3O2S/c1-10-4-6-13(7-5-10)14(22)9-24-18-20-16-15(17(23)21-18)11(2)8-12(3)19-16/h4-9,22H,1-3H3,(H,19,20,21,23). The number of aromatic nitrogens is 3. The zero-order valence-electron chi connectivity index (χ0n) is 13.6. The monoisotopic (exact) mass is 339 g/mol. The third kappa shape index (κ3) is 3.33. The summed E-state index contributed by atoms with van der Waals surface area (Å²) in [6, 6.07) is 9.39. The summed E-state index contributed by atoms with van der Waals surface area (Å²) < 4.78 is 0. The lowest BCUT2D eigenvalue weighted by Gasteiger charge is -2.04. The number of benzene rings is 1. The maximum Gasteiger partial charge on any atom is 0.261 e. The van der Waals surface area contributed by atoms with Crippen molar-refractivity contribution in [2.45, 2.75) is 25.9 Å². The van der Waals surface area contributed by atoms with Gasteiger partial charge in [0.15, 0.2) is 10.8 Å². The number of hydrogen-bond donors (Lipinski definition) is 2. The van der Waals surface area contributed by atoms with Crippen LogP contribution in [0.4, 0.5) is 0 Å². The van der Waals surface area contributed by atoms with E-state index >= 15 is 0 Å². The van der Waals surface area contributed by atoms with Crippen molar-refractivity contribution < 1.29 is 5.11 Å². The topological polar surface area (TPSA) is 78.9 Å². The molecule has 24 heavy (non-hydrogen) atoms. The number of rotatable bonds is 3. The van der Waals surface area contributed by atoms with Gasteiger partial charge in [0, 0.05) is 16.7 Å². The Morgan fingerprint density at radius 1 is 1.17 bits per heavy atom. The van der Waals surface area contributed by atoms with Gasteiger partial charge in [0.2, 0.25) is 0 Å². The van der Waals surface area contributed by atoms with Crippen LogP contribution in [0.3, 0.4) is 0 Å². The predicted molar refractivity (Wildman–Crippen MR) is 97.3 cm³/mol. The molecule has 2 aromatic heterocycles. The number of aliphatic hydroxyl groups excluding tert-OH is 1. The van der Waals surface area contributed by atoms with Crippen LogP contribution in [0.1, 0.15) is 22.4 Å². The molecule has 0 aliphatic rings. The van der Waals surface area contributed by atoms with Gasteiger partial charge in [-0.2, -0.15) is 0 Å². The molecule has 3 rings (SSSR count). The highest BCUT2D eigenvalue weighted by Gasteiger charge is 2.09. The van der Waals surface area contributed by atoms with Gasteiger partial charge in [-0.3, -0.25) is 4.79 Å². The summed E-state index contributed by atoms with van der Waals surface area (Å²) in [7, 11) is 0. The molecule has 122 valence electrons. The SMILES string of the molecule is Cc1ccc(C(O)=CSc2nc3nc(C)cc(C)c3c(=O)[nH]2)cc1. The maximum atomic E-state index is 12.3. The Morgan fingerprint density at radius 2 is 1.88 bits per heavy atom. The summed E-state index contributed by atoms with van der Waals surface area (Å²) in [4.78, 5) is 23.7. The lowest BCUT2D eigenvalue weighted by molar-refractivity contribution is 0.513. The molecule has 0 aliphatic heterocycles. The first-order valence-corrected chi connectivity index (χ1v) is 8.33. The third-order valence-corrected chi connectivity index (χ3v) is 4.37. The van der Waals surface area contributed by atoms with E-state index in [1.54, 1.807) is 5.41 Å². The van der Waals surface area contributed by atoms with E-state index in [9.17, 15) is 9.90 Å². The molecular formula is C18H17N3O2S. The summed E-state index contributed by atoms with van der Waals surface area (Å²) in [5.41, 5.74) is 3.68. The maximum absolute atomic E-state index is 12.3. The Balaban J connectivity index is 1.94. The number of aryl methyl sites for hydroxylation is 3. The number of nitrogens with one attached hydrogen (secondary N) is 1. The molecule has 2 N–H and O–H groups in total. The van der Waals surface area contributed by atoms with Crippen molar-refractivity contribution in [1.29, 1.82) is 0 Å². The first-order chi connectivity index (χ1) is 11.4. The number of H-pyrrole nitrogens is 1. The molecule has 0 aliphatic carbocycles. The first-order valence-electron chi connectivity index (χ1n) is 7.45. The molecule has 2 heterocycles. The second kappa shape index (κ2) is 6.49. The molecule has 6 heteroatoms. The minimum absolute atomic E-state index is 0.121. The van der Waals surface area contributed by atoms with E-state index in [4.69, 9.17) is 0 Å². The van der Waals surface area contributed by atoms with Gasteiger partial charge in [-0.25, -0.2) is 9.97 Å². The predicted octanol–water partition coefficient (Wildman–Crippen LogP) is 3.89. The molecule has 0 bridgehead atoms. The molecule has 0 saturated heterocycles. The normalized spacial score (nSPS) is 11.9. The molecule has 0 spiro atoms. The van der Waals surface area contributed by atoms with Crippen molar-refractivity contribution in [3.63, 3.8) is 0 Å². The first kappa shape index (κ1) is 16.3. The van der Waals surface area contributed by atoms with Crippen LogP contribution in [0.5, 0.6) is 0 Å². The van der Waals surface area contributed by atoms with E-state index in [0.29, 0.717) is 21.8 Å². The van der Waals surface area contributed by atoms with E-state index in [1.807, 2.05) is 51.1 Å². The lowest BCUT2D eigenvalue weighted by atomic mass is 10.1. The van der Waals surface area contributed by atoms with Crippen molar-refractivity contribution in [2.24, 2.45) is 0 Å². The molecule has 0 radical (unpaired) electrons. The summed E-state index contributed by atoms with van der Waals surface area (Å²) in [5.74, 6) is 0.121. The highest BCUT2D eigenvalue weighted by Crippen LogP contribution is 2.22. The highest BCUT2D eigenvalue weighted by molar-refractivity contribution is 8.02. The highest BCUT2D eigenvalue weighted by atomic mass is 32.2. The van der Waals surface area contributed by atoms with E-state index in [2.05, 4.69) is 15.0 Å². The Labute approximate surface area is 143 Å². The van der Waals surface area contributed by atoms with Gasteiger partial charge in [0.05, 0.1) is 5.39 Å². The van der Waals surface area contributed by atoms with Crippen LogP contribution in [0.2, 0.25) is 0 Å². The summed E-state index contributed by atoms with van der Waals surface area (Å²) in [6.45, 7) is 5.72. The number of thioether (sulfide) groups is 1. The fraction of sp³-hybridized carbons (Fsp3) is 0.167. The molecule has 5 nitrogen and oxygen atoms in total. The molecule has 3 aromatic rings. The van der Waals surface area contributed by atoms with E-state index in [1.165, 1.54) is 0 Å². The number of fused-ring (bicyclic) bond motifs is 1. The molecule has 0 fully saturated rings. The number of pyridine rings is 1. The average Bonchev–Trinajstić information content (AvgIpc) is 2.52. The zero-order chi connectivity index (χ0) is 17.3. The fourth-order valence-corrected chi connectivity index (χ4v) is 3.07. The fourth-order valence-electron chi connectivity index (χ4n) is 2.42. The van der Waals surface area contributed by atoms with Gasteiger partial charge in [0.25, 0.3) is 5.56 Å². The van der Waals surface area contributed by atoms with Gasteiger partial charge >= 0.3 is 0 Å². The van der Waals surface area contributed by atoms with Crippen LogP contribution in [-0.2, 0) is 0 Å². The smallest absolute Gasteiger partial charge is 0.261 e. The van der Waals surface area contributed by atoms with Crippen LogP contribution < -0.4 is 5.56 Å². The Kier molecular flexibility index (Phi) is 4.40. The van der Waals surface area contributed by atoms with Gasteiger partial charge in [-0.05, 0) is 32.4 Å². The van der Waals surface area contributed by atoms with Crippen LogP contribution >= 0.6 is 11.8 Å². The average molecular weight is 339 g/mol. The Bertz CT molecular complexity index is 992. The Morgan fingerprint density at radius 3 is 2.58 bits per heavy atom. The van der Waals surface area contributed by atoms with Crippen LogP contribution in [0, 0.1) is 20.8 Å². The van der Waals surface area contributed by atoms with Crippen molar-refractivity contribution >= 4 is 28.6 Å². The number of hydrogen-bond acceptors (Lipinski definition) is 5. The van der Waals surface area contributed by atoms with Gasteiger partial charge in [-0.1, -0.05) is 41.6 Å². The third-order valence-electron chi connectivity index (χ3n) is 3.61. The van der Waals surface area contributed by atoms with E-state index in [-0.39, 0.29) is 11.3 Å². The van der Waals surface area contributed by atoms with Crippen LogP contribution in [0.15, 0.2) is 45.7 Å². The second-order valence-corrected chi connectivity index (χ2v) is 6.50. The number of aliphatic hydroxyl groups is 1.